The van der Waals surface area contributed by atoms with Crippen molar-refractivity contribution in [3.05, 3.63) is 93.9 Å². The maximum atomic E-state index is 13.0. The third-order valence-corrected chi connectivity index (χ3v) is 5.08. The standard InChI is InChI=1S/C21H21FN2OS/c1-24(14-16-9-11-18(22)12-10-16)15-20(25)23-21(19-8-5-13-26-19)17-6-3-2-4-7-17/h2-13,21H,14-15H2,1H3,(H,23,25)/p+1/t21-/m1/s1. The summed E-state index contributed by atoms with van der Waals surface area (Å²) < 4.78 is 13.0. The Hall–Kier alpha value is -2.50. The largest absolute Gasteiger partial charge is 0.339 e. The van der Waals surface area contributed by atoms with E-state index < -0.39 is 0 Å². The molecule has 1 aromatic heterocycles. The molecule has 0 bridgehead atoms. The predicted molar refractivity (Wildman–Crippen MR) is 103 cm³/mol. The number of quaternary nitrogens is 1. The maximum absolute atomic E-state index is 13.0. The highest BCUT2D eigenvalue weighted by atomic mass is 32.1. The number of likely N-dealkylation sites (N-methyl/N-ethyl adjacent to an activating group) is 1. The number of thiophene rings is 1. The number of rotatable bonds is 7. The van der Waals surface area contributed by atoms with Gasteiger partial charge in [-0.2, -0.15) is 0 Å². The van der Waals surface area contributed by atoms with Crippen LogP contribution in [0.5, 0.6) is 0 Å². The van der Waals surface area contributed by atoms with Crippen LogP contribution in [0.3, 0.4) is 0 Å². The Bertz CT molecular complexity index is 819. The third-order valence-electron chi connectivity index (χ3n) is 4.15. The number of carbonyl (C=O) groups is 1. The highest BCUT2D eigenvalue weighted by Crippen LogP contribution is 2.25. The van der Waals surface area contributed by atoms with E-state index in [1.165, 1.54) is 12.1 Å². The smallest absolute Gasteiger partial charge is 0.275 e. The van der Waals surface area contributed by atoms with Crippen molar-refractivity contribution in [1.82, 2.24) is 5.32 Å². The Kier molecular flexibility index (Phi) is 6.15. The molecule has 3 rings (SSSR count). The second kappa shape index (κ2) is 8.74. The molecule has 2 atom stereocenters. The van der Waals surface area contributed by atoms with E-state index in [0.717, 1.165) is 20.9 Å². The molecule has 5 heteroatoms. The van der Waals surface area contributed by atoms with Gasteiger partial charge in [0.2, 0.25) is 0 Å². The van der Waals surface area contributed by atoms with Gasteiger partial charge in [-0.1, -0.05) is 48.5 Å². The Morgan fingerprint density at radius 1 is 1.08 bits per heavy atom. The molecule has 1 amide bonds. The van der Waals surface area contributed by atoms with E-state index in [0.29, 0.717) is 13.1 Å². The van der Waals surface area contributed by atoms with Gasteiger partial charge in [0.15, 0.2) is 6.54 Å². The van der Waals surface area contributed by atoms with Gasteiger partial charge in [-0.15, -0.1) is 11.3 Å². The number of nitrogens with one attached hydrogen (secondary N) is 2. The molecule has 0 aliphatic carbocycles. The molecule has 0 aliphatic heterocycles. The zero-order chi connectivity index (χ0) is 18.4. The van der Waals surface area contributed by atoms with Crippen LogP contribution in [0.2, 0.25) is 0 Å². The summed E-state index contributed by atoms with van der Waals surface area (Å²) in [4.78, 5) is 14.7. The first-order valence-electron chi connectivity index (χ1n) is 8.55. The molecule has 0 radical (unpaired) electrons. The molecule has 0 fully saturated rings. The van der Waals surface area contributed by atoms with Crippen LogP contribution in [0.15, 0.2) is 72.1 Å². The highest BCUT2D eigenvalue weighted by Gasteiger charge is 2.19. The molecule has 3 aromatic rings. The van der Waals surface area contributed by atoms with Gasteiger partial charge in [0.05, 0.1) is 13.1 Å². The molecule has 1 heterocycles. The van der Waals surface area contributed by atoms with Gasteiger partial charge in [-0.3, -0.25) is 4.79 Å². The van der Waals surface area contributed by atoms with Crippen molar-refractivity contribution >= 4 is 17.2 Å². The van der Waals surface area contributed by atoms with Crippen LogP contribution >= 0.6 is 11.3 Å². The SMILES string of the molecule is C[NH+](CC(=O)N[C@H](c1ccccc1)c1cccs1)Cc1ccc(F)cc1. The number of benzene rings is 2. The van der Waals surface area contributed by atoms with Gasteiger partial charge in [-0.25, -0.2) is 4.39 Å². The number of carbonyl (C=O) groups excluding carboxylic acids is 1. The molecule has 2 aromatic carbocycles. The van der Waals surface area contributed by atoms with E-state index in [1.807, 2.05) is 54.9 Å². The zero-order valence-electron chi connectivity index (χ0n) is 14.6. The molecule has 1 unspecified atom stereocenters. The topological polar surface area (TPSA) is 33.5 Å². The summed E-state index contributed by atoms with van der Waals surface area (Å²) in [6, 6.07) is 20.3. The fourth-order valence-corrected chi connectivity index (χ4v) is 3.72. The van der Waals surface area contributed by atoms with Gasteiger partial charge in [-0.05, 0) is 29.1 Å². The lowest BCUT2D eigenvalue weighted by Crippen LogP contribution is -3.08. The second-order valence-corrected chi connectivity index (χ2v) is 7.34. The molecule has 134 valence electrons. The highest BCUT2D eigenvalue weighted by molar-refractivity contribution is 7.10. The monoisotopic (exact) mass is 369 g/mol. The first-order valence-corrected chi connectivity index (χ1v) is 9.43. The molecule has 0 aliphatic rings. The third kappa shape index (κ3) is 5.00. The Morgan fingerprint density at radius 3 is 2.46 bits per heavy atom. The van der Waals surface area contributed by atoms with Crippen LogP contribution < -0.4 is 10.2 Å². The number of amides is 1. The normalized spacial score (nSPS) is 13.2. The van der Waals surface area contributed by atoms with Crippen LogP contribution in [-0.2, 0) is 11.3 Å². The first kappa shape index (κ1) is 18.3. The van der Waals surface area contributed by atoms with E-state index in [4.69, 9.17) is 0 Å². The lowest BCUT2D eigenvalue weighted by Gasteiger charge is -2.20. The second-order valence-electron chi connectivity index (χ2n) is 6.36. The van der Waals surface area contributed by atoms with Gasteiger partial charge in [0.1, 0.15) is 12.4 Å². The summed E-state index contributed by atoms with van der Waals surface area (Å²) in [6.45, 7) is 1.02. The first-order chi connectivity index (χ1) is 12.6. The summed E-state index contributed by atoms with van der Waals surface area (Å²) in [5, 5.41) is 5.17. The van der Waals surface area contributed by atoms with Crippen molar-refractivity contribution in [2.75, 3.05) is 13.6 Å². The van der Waals surface area contributed by atoms with E-state index in [-0.39, 0.29) is 17.8 Å². The van der Waals surface area contributed by atoms with Gasteiger partial charge < -0.3 is 10.2 Å². The predicted octanol–water partition coefficient (Wildman–Crippen LogP) is 2.81. The number of hydrogen-bond acceptors (Lipinski definition) is 2. The maximum Gasteiger partial charge on any atom is 0.275 e. The van der Waals surface area contributed by atoms with Crippen molar-refractivity contribution in [3.63, 3.8) is 0 Å². The summed E-state index contributed by atoms with van der Waals surface area (Å²) in [5.74, 6) is -0.252. The fraction of sp³-hybridized carbons (Fsp3) is 0.190. The van der Waals surface area contributed by atoms with E-state index in [1.54, 1.807) is 23.5 Å². The Labute approximate surface area is 157 Å². The van der Waals surface area contributed by atoms with Gasteiger partial charge in [0, 0.05) is 10.4 Å². The van der Waals surface area contributed by atoms with Crippen LogP contribution in [0.1, 0.15) is 22.0 Å². The molecule has 0 spiro atoms. The van der Waals surface area contributed by atoms with Crippen LogP contribution in [0, 0.1) is 5.82 Å². The van der Waals surface area contributed by atoms with Crippen LogP contribution in [0.25, 0.3) is 0 Å². The molecular formula is C21H22FN2OS+. The van der Waals surface area contributed by atoms with Gasteiger partial charge >= 0.3 is 0 Å². The number of halogens is 1. The molecule has 26 heavy (non-hydrogen) atoms. The quantitative estimate of drug-likeness (QED) is 0.660. The Morgan fingerprint density at radius 2 is 1.81 bits per heavy atom. The molecule has 3 nitrogen and oxygen atoms in total. The van der Waals surface area contributed by atoms with Crippen molar-refractivity contribution < 1.29 is 14.1 Å². The lowest BCUT2D eigenvalue weighted by atomic mass is 10.1. The van der Waals surface area contributed by atoms with E-state index in [2.05, 4.69) is 5.32 Å². The zero-order valence-corrected chi connectivity index (χ0v) is 15.4. The van der Waals surface area contributed by atoms with E-state index >= 15 is 0 Å². The molecule has 0 saturated heterocycles. The lowest BCUT2D eigenvalue weighted by molar-refractivity contribution is -0.885. The Balaban J connectivity index is 1.63. The van der Waals surface area contributed by atoms with Crippen molar-refractivity contribution in [2.24, 2.45) is 0 Å². The van der Waals surface area contributed by atoms with Gasteiger partial charge in [0.25, 0.3) is 5.91 Å². The fourth-order valence-electron chi connectivity index (χ4n) is 2.92. The van der Waals surface area contributed by atoms with Crippen LogP contribution in [-0.4, -0.2) is 19.5 Å². The minimum absolute atomic E-state index is 0.00753. The average molecular weight is 369 g/mol. The minimum Gasteiger partial charge on any atom is -0.339 e. The van der Waals surface area contributed by atoms with E-state index in [9.17, 15) is 9.18 Å². The van der Waals surface area contributed by atoms with Crippen LogP contribution in [0.4, 0.5) is 4.39 Å². The van der Waals surface area contributed by atoms with Crippen molar-refractivity contribution in [3.8, 4) is 0 Å². The molecule has 2 N–H and O–H groups in total. The number of hydrogen-bond donors (Lipinski definition) is 2. The summed E-state index contributed by atoms with van der Waals surface area (Å²) in [7, 11) is 1.96. The molecular weight excluding hydrogens is 347 g/mol. The van der Waals surface area contributed by atoms with Crippen molar-refractivity contribution in [2.45, 2.75) is 12.6 Å². The molecule has 0 saturated carbocycles. The summed E-state index contributed by atoms with van der Waals surface area (Å²) in [6.07, 6.45) is 0. The van der Waals surface area contributed by atoms with Crippen molar-refractivity contribution in [1.29, 1.82) is 0 Å². The average Bonchev–Trinajstić information content (AvgIpc) is 3.17. The summed E-state index contributed by atoms with van der Waals surface area (Å²) in [5.41, 5.74) is 2.08. The minimum atomic E-state index is -0.245. The summed E-state index contributed by atoms with van der Waals surface area (Å²) >= 11 is 1.63.